The highest BCUT2D eigenvalue weighted by molar-refractivity contribution is 7.99. The van der Waals surface area contributed by atoms with E-state index in [0.717, 1.165) is 0 Å². The third-order valence-electron chi connectivity index (χ3n) is 4.06. The Hall–Kier alpha value is -2.19. The molecule has 0 bridgehead atoms. The Morgan fingerprint density at radius 1 is 1.23 bits per heavy atom. The van der Waals surface area contributed by atoms with Gasteiger partial charge >= 0.3 is 0 Å². The van der Waals surface area contributed by atoms with Gasteiger partial charge in [0.15, 0.2) is 17.1 Å². The van der Waals surface area contributed by atoms with Gasteiger partial charge < -0.3 is 10.1 Å². The standard InChI is InChI=1S/C21H19Cl3N4O2S/c1-3-9-28-20(13(2)30-16-6-4-5-14(22)10-16)26-27-21(28)31-12-19(29)25-18-11-15(23)7-8-17(18)24/h3-8,10-11,13H,1,9,12H2,2H3,(H,25,29). The number of ether oxygens (including phenoxy) is 1. The van der Waals surface area contributed by atoms with Crippen LogP contribution >= 0.6 is 46.6 Å². The number of hydrogen-bond acceptors (Lipinski definition) is 5. The summed E-state index contributed by atoms with van der Waals surface area (Å²) in [4.78, 5) is 12.4. The van der Waals surface area contributed by atoms with Crippen LogP contribution in [0.4, 0.5) is 5.69 Å². The molecule has 3 rings (SSSR count). The van der Waals surface area contributed by atoms with E-state index in [4.69, 9.17) is 39.5 Å². The van der Waals surface area contributed by atoms with Gasteiger partial charge in [-0.3, -0.25) is 9.36 Å². The number of hydrogen-bond donors (Lipinski definition) is 1. The average Bonchev–Trinajstić information content (AvgIpc) is 3.12. The van der Waals surface area contributed by atoms with Crippen LogP contribution in [0.15, 0.2) is 60.3 Å². The molecular formula is C21H19Cl3N4O2S. The highest BCUT2D eigenvalue weighted by Gasteiger charge is 2.20. The molecule has 1 unspecified atom stereocenters. The molecule has 1 amide bonds. The van der Waals surface area contributed by atoms with E-state index in [9.17, 15) is 4.79 Å². The smallest absolute Gasteiger partial charge is 0.234 e. The molecule has 0 radical (unpaired) electrons. The first-order valence-electron chi connectivity index (χ1n) is 9.21. The molecule has 1 atom stereocenters. The maximum Gasteiger partial charge on any atom is 0.234 e. The molecule has 0 fully saturated rings. The van der Waals surface area contributed by atoms with Crippen LogP contribution in [0.25, 0.3) is 0 Å². The number of rotatable bonds is 9. The zero-order valence-corrected chi connectivity index (χ0v) is 19.6. The van der Waals surface area contributed by atoms with Gasteiger partial charge in [-0.15, -0.1) is 16.8 Å². The summed E-state index contributed by atoms with van der Waals surface area (Å²) < 4.78 is 7.81. The van der Waals surface area contributed by atoms with Crippen LogP contribution in [0.1, 0.15) is 18.9 Å². The topological polar surface area (TPSA) is 69.0 Å². The van der Waals surface area contributed by atoms with Gasteiger partial charge in [-0.2, -0.15) is 0 Å². The fourth-order valence-electron chi connectivity index (χ4n) is 2.72. The summed E-state index contributed by atoms with van der Waals surface area (Å²) in [5, 5.41) is 13.3. The number of carbonyl (C=O) groups is 1. The van der Waals surface area contributed by atoms with E-state index in [-0.39, 0.29) is 17.8 Å². The van der Waals surface area contributed by atoms with Crippen molar-refractivity contribution in [2.24, 2.45) is 0 Å². The van der Waals surface area contributed by atoms with Crippen LogP contribution in [-0.2, 0) is 11.3 Å². The lowest BCUT2D eigenvalue weighted by Crippen LogP contribution is -2.16. The van der Waals surface area contributed by atoms with Crippen LogP contribution in [0.3, 0.4) is 0 Å². The van der Waals surface area contributed by atoms with Gasteiger partial charge in [-0.25, -0.2) is 0 Å². The molecule has 1 N–H and O–H groups in total. The maximum absolute atomic E-state index is 12.4. The average molecular weight is 498 g/mol. The molecule has 1 heterocycles. The van der Waals surface area contributed by atoms with Gasteiger partial charge in [0.2, 0.25) is 5.91 Å². The van der Waals surface area contributed by atoms with Crippen LogP contribution in [-0.4, -0.2) is 26.4 Å². The Balaban J connectivity index is 1.68. The number of amides is 1. The first-order chi connectivity index (χ1) is 14.9. The minimum absolute atomic E-state index is 0.113. The van der Waals surface area contributed by atoms with E-state index in [1.165, 1.54) is 11.8 Å². The van der Waals surface area contributed by atoms with Crippen LogP contribution in [0, 0.1) is 0 Å². The zero-order valence-electron chi connectivity index (χ0n) is 16.5. The van der Waals surface area contributed by atoms with E-state index >= 15 is 0 Å². The summed E-state index contributed by atoms with van der Waals surface area (Å²) in [6.45, 7) is 6.13. The number of halogens is 3. The third-order valence-corrected chi connectivity index (χ3v) is 5.83. The quantitative estimate of drug-likeness (QED) is 0.278. The van der Waals surface area contributed by atoms with E-state index in [0.29, 0.717) is 44.0 Å². The van der Waals surface area contributed by atoms with Crippen molar-refractivity contribution in [1.29, 1.82) is 0 Å². The van der Waals surface area contributed by atoms with Crippen molar-refractivity contribution in [3.05, 3.63) is 76.0 Å². The van der Waals surface area contributed by atoms with E-state index < -0.39 is 0 Å². The normalized spacial score (nSPS) is 11.7. The SMILES string of the molecule is C=CCn1c(SCC(=O)Nc2cc(Cl)ccc2Cl)nnc1C(C)Oc1cccc(Cl)c1. The molecule has 0 spiro atoms. The van der Waals surface area contributed by atoms with Crippen LogP contribution in [0.2, 0.25) is 15.1 Å². The van der Waals surface area contributed by atoms with Gasteiger partial charge in [0.05, 0.1) is 16.5 Å². The Morgan fingerprint density at radius 2 is 2.00 bits per heavy atom. The molecule has 0 aliphatic rings. The second-order valence-corrected chi connectivity index (χ2v) is 8.64. The molecular weight excluding hydrogens is 479 g/mol. The summed E-state index contributed by atoms with van der Waals surface area (Å²) in [7, 11) is 0. The first kappa shape index (κ1) is 23.5. The van der Waals surface area contributed by atoms with E-state index in [1.807, 2.05) is 23.6 Å². The molecule has 0 aliphatic heterocycles. The van der Waals surface area contributed by atoms with Gasteiger partial charge in [0, 0.05) is 16.6 Å². The lowest BCUT2D eigenvalue weighted by atomic mass is 10.3. The predicted octanol–water partition coefficient (Wildman–Crippen LogP) is 6.30. The van der Waals surface area contributed by atoms with Crippen molar-refractivity contribution in [2.45, 2.75) is 24.7 Å². The number of nitrogens with one attached hydrogen (secondary N) is 1. The van der Waals surface area contributed by atoms with Gasteiger partial charge in [-0.05, 0) is 43.3 Å². The van der Waals surface area contributed by atoms with Crippen molar-refractivity contribution in [1.82, 2.24) is 14.8 Å². The van der Waals surface area contributed by atoms with Gasteiger partial charge in [0.25, 0.3) is 0 Å². The Morgan fingerprint density at radius 3 is 2.74 bits per heavy atom. The number of aromatic nitrogens is 3. The predicted molar refractivity (Wildman–Crippen MR) is 127 cm³/mol. The van der Waals surface area contributed by atoms with E-state index in [2.05, 4.69) is 22.1 Å². The molecule has 0 saturated heterocycles. The van der Waals surface area contributed by atoms with Crippen molar-refractivity contribution in [3.63, 3.8) is 0 Å². The number of benzene rings is 2. The molecule has 6 nitrogen and oxygen atoms in total. The summed E-state index contributed by atoms with van der Waals surface area (Å²) in [6.07, 6.45) is 1.34. The molecule has 162 valence electrons. The molecule has 10 heteroatoms. The van der Waals surface area contributed by atoms with Crippen LogP contribution in [0.5, 0.6) is 5.75 Å². The number of nitrogens with zero attached hydrogens (tertiary/aromatic N) is 3. The lowest BCUT2D eigenvalue weighted by Gasteiger charge is -2.16. The summed E-state index contributed by atoms with van der Waals surface area (Å²) in [6, 6.07) is 12.0. The molecule has 3 aromatic rings. The van der Waals surface area contributed by atoms with Crippen molar-refractivity contribution in [2.75, 3.05) is 11.1 Å². The fraction of sp³-hybridized carbons (Fsp3) is 0.190. The highest BCUT2D eigenvalue weighted by Crippen LogP contribution is 2.28. The molecule has 0 saturated carbocycles. The Kier molecular flexibility index (Phi) is 8.26. The van der Waals surface area contributed by atoms with Crippen LogP contribution < -0.4 is 10.1 Å². The minimum Gasteiger partial charge on any atom is -0.483 e. The zero-order chi connectivity index (χ0) is 22.4. The molecule has 0 aliphatic carbocycles. The Bertz CT molecular complexity index is 1090. The molecule has 31 heavy (non-hydrogen) atoms. The monoisotopic (exact) mass is 496 g/mol. The van der Waals surface area contributed by atoms with E-state index in [1.54, 1.807) is 36.4 Å². The van der Waals surface area contributed by atoms with Gasteiger partial charge in [-0.1, -0.05) is 58.7 Å². The first-order valence-corrected chi connectivity index (χ1v) is 11.3. The summed E-state index contributed by atoms with van der Waals surface area (Å²) >= 11 is 19.3. The lowest BCUT2D eigenvalue weighted by molar-refractivity contribution is -0.113. The third kappa shape index (κ3) is 6.40. The fourth-order valence-corrected chi connectivity index (χ4v) is 3.99. The number of carbonyl (C=O) groups excluding carboxylic acids is 1. The number of thioether (sulfide) groups is 1. The molecule has 1 aromatic heterocycles. The second kappa shape index (κ2) is 10.9. The summed E-state index contributed by atoms with van der Waals surface area (Å²) in [5.41, 5.74) is 0.455. The number of allylic oxidation sites excluding steroid dienone is 1. The summed E-state index contributed by atoms with van der Waals surface area (Å²) in [5.74, 6) is 1.11. The number of anilines is 1. The Labute approximate surface area is 199 Å². The molecule has 2 aromatic carbocycles. The maximum atomic E-state index is 12.4. The minimum atomic E-state index is -0.389. The highest BCUT2D eigenvalue weighted by atomic mass is 35.5. The largest absolute Gasteiger partial charge is 0.483 e. The van der Waals surface area contributed by atoms with Crippen molar-refractivity contribution >= 4 is 58.2 Å². The van der Waals surface area contributed by atoms with Crippen molar-refractivity contribution < 1.29 is 9.53 Å². The second-order valence-electron chi connectivity index (χ2n) is 6.42. The van der Waals surface area contributed by atoms with Crippen molar-refractivity contribution in [3.8, 4) is 5.75 Å². The van der Waals surface area contributed by atoms with Gasteiger partial charge in [0.1, 0.15) is 5.75 Å².